The maximum Gasteiger partial charge on any atom is 0.303 e. The number of rotatable bonds is 5. The Bertz CT molecular complexity index is 450. The van der Waals surface area contributed by atoms with Gasteiger partial charge >= 0.3 is 5.97 Å². The van der Waals surface area contributed by atoms with Gasteiger partial charge in [-0.15, -0.1) is 0 Å². The average Bonchev–Trinajstić information content (AvgIpc) is 2.36. The van der Waals surface area contributed by atoms with Crippen LogP contribution in [0, 0.1) is 11.3 Å². The van der Waals surface area contributed by atoms with Crippen molar-refractivity contribution in [1.29, 1.82) is 5.26 Å². The summed E-state index contributed by atoms with van der Waals surface area (Å²) in [5.74, 6) is -0.228. The van der Waals surface area contributed by atoms with E-state index in [1.54, 1.807) is 32.2 Å². The zero-order valence-electron chi connectivity index (χ0n) is 9.93. The Morgan fingerprint density at radius 1 is 1.59 bits per heavy atom. The molecule has 90 valence electrons. The molecule has 0 bridgehead atoms. The Kier molecular flexibility index (Phi) is 4.11. The molecule has 0 aliphatic rings. The summed E-state index contributed by atoms with van der Waals surface area (Å²) in [6.45, 7) is 1.74. The summed E-state index contributed by atoms with van der Waals surface area (Å²) in [5.41, 5.74) is -0.0203. The second-order valence-corrected chi connectivity index (χ2v) is 4.07. The quantitative estimate of drug-likeness (QED) is 0.847. The van der Waals surface area contributed by atoms with E-state index in [2.05, 4.69) is 6.07 Å². The Morgan fingerprint density at radius 3 is 2.82 bits per heavy atom. The van der Waals surface area contributed by atoms with Crippen molar-refractivity contribution in [1.82, 2.24) is 0 Å². The van der Waals surface area contributed by atoms with Crippen molar-refractivity contribution in [2.75, 3.05) is 7.11 Å². The lowest BCUT2D eigenvalue weighted by Crippen LogP contribution is -2.21. The van der Waals surface area contributed by atoms with Crippen molar-refractivity contribution in [3.8, 4) is 11.8 Å². The minimum absolute atomic E-state index is 0.0265. The van der Waals surface area contributed by atoms with Gasteiger partial charge < -0.3 is 9.84 Å². The standard InChI is InChI=1S/C13H15NO3/c1-13(9-14,7-6-12(15)16)10-4-3-5-11(8-10)17-2/h3-5,8H,6-7H2,1-2H3,(H,15,16). The largest absolute Gasteiger partial charge is 0.497 e. The lowest BCUT2D eigenvalue weighted by Gasteiger charge is -2.21. The molecule has 1 rings (SSSR count). The van der Waals surface area contributed by atoms with Gasteiger partial charge in [0.1, 0.15) is 5.75 Å². The highest BCUT2D eigenvalue weighted by molar-refractivity contribution is 5.67. The zero-order valence-corrected chi connectivity index (χ0v) is 9.93. The highest BCUT2D eigenvalue weighted by atomic mass is 16.5. The first-order valence-corrected chi connectivity index (χ1v) is 5.29. The molecule has 0 radical (unpaired) electrons. The van der Waals surface area contributed by atoms with Gasteiger partial charge in [-0.1, -0.05) is 12.1 Å². The van der Waals surface area contributed by atoms with Crippen LogP contribution in [0.25, 0.3) is 0 Å². The first-order chi connectivity index (χ1) is 8.01. The van der Waals surface area contributed by atoms with Crippen LogP contribution in [0.5, 0.6) is 5.75 Å². The number of carboxylic acids is 1. The molecule has 0 saturated heterocycles. The fourth-order valence-electron chi connectivity index (χ4n) is 1.59. The maximum absolute atomic E-state index is 10.6. The fourth-order valence-corrected chi connectivity index (χ4v) is 1.59. The van der Waals surface area contributed by atoms with Gasteiger partial charge in [-0.2, -0.15) is 5.26 Å². The van der Waals surface area contributed by atoms with Gasteiger partial charge in [-0.05, 0) is 31.0 Å². The number of carboxylic acid groups (broad SMARTS) is 1. The highest BCUT2D eigenvalue weighted by Crippen LogP contribution is 2.30. The normalized spacial score (nSPS) is 13.5. The number of carbonyl (C=O) groups is 1. The lowest BCUT2D eigenvalue weighted by atomic mass is 9.80. The average molecular weight is 233 g/mol. The first kappa shape index (κ1) is 13.0. The summed E-state index contributed by atoms with van der Waals surface area (Å²) in [6, 6.07) is 9.35. The van der Waals surface area contributed by atoms with Crippen LogP contribution in [0.3, 0.4) is 0 Å². The van der Waals surface area contributed by atoms with Gasteiger partial charge in [-0.25, -0.2) is 0 Å². The van der Waals surface area contributed by atoms with Gasteiger partial charge in [0.25, 0.3) is 0 Å². The maximum atomic E-state index is 10.6. The van der Waals surface area contributed by atoms with Crippen LogP contribution in [-0.2, 0) is 10.2 Å². The minimum atomic E-state index is -0.894. The van der Waals surface area contributed by atoms with Gasteiger partial charge in [0, 0.05) is 6.42 Å². The first-order valence-electron chi connectivity index (χ1n) is 5.29. The topological polar surface area (TPSA) is 70.3 Å². The van der Waals surface area contributed by atoms with Crippen molar-refractivity contribution in [3.63, 3.8) is 0 Å². The van der Waals surface area contributed by atoms with Crippen molar-refractivity contribution in [2.24, 2.45) is 0 Å². The van der Waals surface area contributed by atoms with Crippen LogP contribution >= 0.6 is 0 Å². The predicted molar refractivity (Wildman–Crippen MR) is 62.8 cm³/mol. The third kappa shape index (κ3) is 3.22. The smallest absolute Gasteiger partial charge is 0.303 e. The number of nitrogens with zero attached hydrogens (tertiary/aromatic N) is 1. The molecule has 4 nitrogen and oxygen atoms in total. The number of aliphatic carboxylic acids is 1. The molecule has 0 aliphatic heterocycles. The third-order valence-electron chi connectivity index (χ3n) is 2.79. The SMILES string of the molecule is COc1cccc(C(C)(C#N)CCC(=O)O)c1. The Balaban J connectivity index is 2.99. The molecule has 0 heterocycles. The predicted octanol–water partition coefficient (Wildman–Crippen LogP) is 2.34. The second-order valence-electron chi connectivity index (χ2n) is 4.07. The number of nitriles is 1. The Morgan fingerprint density at radius 2 is 2.29 bits per heavy atom. The molecule has 17 heavy (non-hydrogen) atoms. The van der Waals surface area contributed by atoms with Crippen LogP contribution in [0.1, 0.15) is 25.3 Å². The van der Waals surface area contributed by atoms with E-state index in [9.17, 15) is 10.1 Å². The summed E-state index contributed by atoms with van der Waals surface area (Å²) in [5, 5.41) is 17.9. The molecule has 0 fully saturated rings. The number of benzene rings is 1. The zero-order chi connectivity index (χ0) is 12.9. The molecule has 0 aromatic heterocycles. The van der Waals surface area contributed by atoms with Crippen LogP contribution in [-0.4, -0.2) is 18.2 Å². The number of ether oxygens (including phenoxy) is 1. The molecule has 1 aromatic carbocycles. The van der Waals surface area contributed by atoms with E-state index in [1.165, 1.54) is 0 Å². The van der Waals surface area contributed by atoms with E-state index in [4.69, 9.17) is 9.84 Å². The summed E-state index contributed by atoms with van der Waals surface area (Å²) in [4.78, 5) is 10.6. The minimum Gasteiger partial charge on any atom is -0.497 e. The Labute approximate surface area is 100 Å². The second kappa shape index (κ2) is 5.35. The van der Waals surface area contributed by atoms with E-state index in [1.807, 2.05) is 6.07 Å². The molecule has 1 N–H and O–H groups in total. The monoisotopic (exact) mass is 233 g/mol. The van der Waals surface area contributed by atoms with Crippen molar-refractivity contribution < 1.29 is 14.6 Å². The summed E-state index contributed by atoms with van der Waals surface area (Å²) in [6.07, 6.45) is 0.257. The third-order valence-corrected chi connectivity index (χ3v) is 2.79. The van der Waals surface area contributed by atoms with E-state index in [0.29, 0.717) is 5.75 Å². The van der Waals surface area contributed by atoms with E-state index < -0.39 is 11.4 Å². The molecule has 0 aliphatic carbocycles. The Hall–Kier alpha value is -2.02. The fraction of sp³-hybridized carbons (Fsp3) is 0.385. The van der Waals surface area contributed by atoms with Crippen molar-refractivity contribution in [3.05, 3.63) is 29.8 Å². The molecule has 1 aromatic rings. The van der Waals surface area contributed by atoms with E-state index >= 15 is 0 Å². The number of methoxy groups -OCH3 is 1. The summed E-state index contributed by atoms with van der Waals surface area (Å²) >= 11 is 0. The van der Waals surface area contributed by atoms with Crippen molar-refractivity contribution in [2.45, 2.75) is 25.2 Å². The summed E-state index contributed by atoms with van der Waals surface area (Å²) in [7, 11) is 1.56. The van der Waals surface area contributed by atoms with Gasteiger partial charge in [0.15, 0.2) is 0 Å². The molecule has 1 unspecified atom stereocenters. The molecule has 0 spiro atoms. The van der Waals surface area contributed by atoms with Gasteiger partial charge in [0.05, 0.1) is 18.6 Å². The van der Waals surface area contributed by atoms with Crippen LogP contribution in [0.15, 0.2) is 24.3 Å². The molecular formula is C13H15NO3. The summed E-state index contributed by atoms with van der Waals surface area (Å²) < 4.78 is 5.09. The van der Waals surface area contributed by atoms with Gasteiger partial charge in [0.2, 0.25) is 0 Å². The lowest BCUT2D eigenvalue weighted by molar-refractivity contribution is -0.137. The van der Waals surface area contributed by atoms with E-state index in [0.717, 1.165) is 5.56 Å². The molecule has 4 heteroatoms. The van der Waals surface area contributed by atoms with Gasteiger partial charge in [-0.3, -0.25) is 4.79 Å². The van der Waals surface area contributed by atoms with E-state index in [-0.39, 0.29) is 12.8 Å². The molecule has 0 amide bonds. The van der Waals surface area contributed by atoms with Crippen LogP contribution in [0.2, 0.25) is 0 Å². The number of hydrogen-bond donors (Lipinski definition) is 1. The molecule has 0 saturated carbocycles. The van der Waals surface area contributed by atoms with Crippen LogP contribution in [0.4, 0.5) is 0 Å². The number of hydrogen-bond acceptors (Lipinski definition) is 3. The molecule has 1 atom stereocenters. The molecular weight excluding hydrogens is 218 g/mol. The van der Waals surface area contributed by atoms with Crippen LogP contribution < -0.4 is 4.74 Å². The highest BCUT2D eigenvalue weighted by Gasteiger charge is 2.27. The van der Waals surface area contributed by atoms with Crippen molar-refractivity contribution >= 4 is 5.97 Å².